The lowest BCUT2D eigenvalue weighted by Gasteiger charge is -2.38. The number of nitrogens with zero attached hydrogens (tertiary/aromatic N) is 1. The van der Waals surface area contributed by atoms with E-state index in [1.165, 1.54) is 32.1 Å². The third kappa shape index (κ3) is 3.44. The summed E-state index contributed by atoms with van der Waals surface area (Å²) in [6.07, 6.45) is 8.78. The molecule has 1 aliphatic carbocycles. The van der Waals surface area contributed by atoms with E-state index < -0.39 is 0 Å². The minimum atomic E-state index is -0.359. The first kappa shape index (κ1) is 16.8. The molecule has 0 spiro atoms. The van der Waals surface area contributed by atoms with Crippen LogP contribution in [0.25, 0.3) is 0 Å². The molecule has 0 bridgehead atoms. The predicted octanol–water partition coefficient (Wildman–Crippen LogP) is 3.93. The Balaban J connectivity index is 2.17. The fourth-order valence-electron chi connectivity index (χ4n) is 4.11. The molecule has 1 aliphatic heterocycles. The lowest BCUT2D eigenvalue weighted by Crippen LogP contribution is -2.47. The molecule has 1 amide bonds. The van der Waals surface area contributed by atoms with Gasteiger partial charge in [-0.3, -0.25) is 10.1 Å². The van der Waals surface area contributed by atoms with Crippen molar-refractivity contribution in [1.82, 2.24) is 10.2 Å². The molecule has 2 fully saturated rings. The van der Waals surface area contributed by atoms with E-state index in [1.807, 2.05) is 0 Å². The highest BCUT2D eigenvalue weighted by atomic mass is 16.2. The first-order valence-corrected chi connectivity index (χ1v) is 8.99. The maximum absolute atomic E-state index is 13.0. The van der Waals surface area contributed by atoms with Crippen LogP contribution in [-0.4, -0.2) is 28.6 Å². The highest BCUT2D eigenvalue weighted by molar-refractivity contribution is 5.88. The summed E-state index contributed by atoms with van der Waals surface area (Å²) in [4.78, 5) is 15.2. The zero-order valence-corrected chi connectivity index (χ0v) is 14.6. The summed E-state index contributed by atoms with van der Waals surface area (Å²) in [5.74, 6) is 1.63. The Labute approximate surface area is 130 Å². The Morgan fingerprint density at radius 2 is 1.86 bits per heavy atom. The summed E-state index contributed by atoms with van der Waals surface area (Å²) >= 11 is 0. The Morgan fingerprint density at radius 1 is 1.24 bits per heavy atom. The van der Waals surface area contributed by atoms with Gasteiger partial charge in [-0.25, -0.2) is 0 Å². The summed E-state index contributed by atoms with van der Waals surface area (Å²) in [6, 6.07) is 0.377. The number of carbonyl (C=O) groups excluding carboxylic acids is 1. The van der Waals surface area contributed by atoms with E-state index in [9.17, 15) is 4.79 Å². The van der Waals surface area contributed by atoms with Crippen molar-refractivity contribution in [2.45, 2.75) is 97.3 Å². The summed E-state index contributed by atoms with van der Waals surface area (Å²) < 4.78 is 0. The van der Waals surface area contributed by atoms with Gasteiger partial charge in [-0.05, 0) is 51.4 Å². The Hall–Kier alpha value is -0.570. The van der Waals surface area contributed by atoms with Gasteiger partial charge in [0.1, 0.15) is 0 Å². The Bertz CT molecular complexity index is 362. The van der Waals surface area contributed by atoms with Crippen LogP contribution in [0, 0.1) is 11.8 Å². The summed E-state index contributed by atoms with van der Waals surface area (Å²) in [6.45, 7) is 11.0. The standard InChI is InChI=1S/C18H34N2O/c1-6-18(5)17(21)20(16(19-18)12-13(2)3)14(4)15-10-8-7-9-11-15/h13-16,19H,6-12H2,1-5H3. The molecule has 0 aromatic rings. The molecule has 1 heterocycles. The molecule has 1 saturated carbocycles. The van der Waals surface area contributed by atoms with Gasteiger partial charge in [-0.1, -0.05) is 40.0 Å². The van der Waals surface area contributed by atoms with E-state index in [0.717, 1.165) is 12.8 Å². The number of rotatable bonds is 5. The van der Waals surface area contributed by atoms with Crippen LogP contribution in [0.2, 0.25) is 0 Å². The second-order valence-corrected chi connectivity index (χ2v) is 7.83. The maximum atomic E-state index is 13.0. The number of amides is 1. The monoisotopic (exact) mass is 294 g/mol. The molecule has 0 radical (unpaired) electrons. The molecule has 3 nitrogen and oxygen atoms in total. The summed E-state index contributed by atoms with van der Waals surface area (Å²) in [7, 11) is 0. The molecule has 21 heavy (non-hydrogen) atoms. The van der Waals surface area contributed by atoms with Gasteiger partial charge in [0.2, 0.25) is 5.91 Å². The van der Waals surface area contributed by atoms with Gasteiger partial charge >= 0.3 is 0 Å². The molecule has 1 N–H and O–H groups in total. The average Bonchev–Trinajstić information content (AvgIpc) is 2.70. The maximum Gasteiger partial charge on any atom is 0.244 e. The van der Waals surface area contributed by atoms with Crippen LogP contribution in [0.3, 0.4) is 0 Å². The molecule has 2 aliphatic rings. The Kier molecular flexibility index (Phi) is 5.34. The van der Waals surface area contributed by atoms with Crippen LogP contribution >= 0.6 is 0 Å². The minimum absolute atomic E-state index is 0.222. The fourth-order valence-corrected chi connectivity index (χ4v) is 4.11. The van der Waals surface area contributed by atoms with E-state index in [2.05, 4.69) is 44.8 Å². The molecule has 1 saturated heterocycles. The number of hydrogen-bond donors (Lipinski definition) is 1. The van der Waals surface area contributed by atoms with Crippen molar-refractivity contribution in [3.8, 4) is 0 Å². The molecule has 0 aromatic heterocycles. The van der Waals surface area contributed by atoms with Crippen LogP contribution in [0.1, 0.15) is 79.6 Å². The molecule has 122 valence electrons. The topological polar surface area (TPSA) is 32.3 Å². The van der Waals surface area contributed by atoms with Gasteiger partial charge in [-0.15, -0.1) is 0 Å². The van der Waals surface area contributed by atoms with Crippen LogP contribution in [-0.2, 0) is 4.79 Å². The zero-order valence-electron chi connectivity index (χ0n) is 14.6. The van der Waals surface area contributed by atoms with Crippen molar-refractivity contribution in [3.63, 3.8) is 0 Å². The van der Waals surface area contributed by atoms with Crippen LogP contribution in [0.5, 0.6) is 0 Å². The van der Waals surface area contributed by atoms with Crippen molar-refractivity contribution >= 4 is 5.91 Å². The highest BCUT2D eigenvalue weighted by Gasteiger charge is 2.49. The van der Waals surface area contributed by atoms with Gasteiger partial charge in [0.05, 0.1) is 11.7 Å². The van der Waals surface area contributed by atoms with Crippen LogP contribution in [0.4, 0.5) is 0 Å². The van der Waals surface area contributed by atoms with Crippen molar-refractivity contribution in [2.75, 3.05) is 0 Å². The Morgan fingerprint density at radius 3 is 2.38 bits per heavy atom. The van der Waals surface area contributed by atoms with Crippen molar-refractivity contribution < 1.29 is 4.79 Å². The number of carbonyl (C=O) groups is 1. The molecule has 0 aromatic carbocycles. The lowest BCUT2D eigenvalue weighted by molar-refractivity contribution is -0.136. The third-order valence-corrected chi connectivity index (χ3v) is 5.70. The van der Waals surface area contributed by atoms with Gasteiger partial charge in [0.25, 0.3) is 0 Å². The predicted molar refractivity (Wildman–Crippen MR) is 88.0 cm³/mol. The fraction of sp³-hybridized carbons (Fsp3) is 0.944. The van der Waals surface area contributed by atoms with E-state index in [0.29, 0.717) is 23.8 Å². The molecule has 3 unspecified atom stereocenters. The first-order valence-electron chi connectivity index (χ1n) is 8.99. The zero-order chi connectivity index (χ0) is 15.6. The summed E-state index contributed by atoms with van der Waals surface area (Å²) in [5.41, 5.74) is -0.359. The van der Waals surface area contributed by atoms with Gasteiger partial charge < -0.3 is 4.90 Å². The van der Waals surface area contributed by atoms with Gasteiger partial charge in [0.15, 0.2) is 0 Å². The third-order valence-electron chi connectivity index (χ3n) is 5.70. The van der Waals surface area contributed by atoms with Crippen molar-refractivity contribution in [2.24, 2.45) is 11.8 Å². The van der Waals surface area contributed by atoms with Crippen molar-refractivity contribution in [1.29, 1.82) is 0 Å². The second-order valence-electron chi connectivity index (χ2n) is 7.83. The smallest absolute Gasteiger partial charge is 0.244 e. The normalized spacial score (nSPS) is 33.0. The first-order chi connectivity index (χ1) is 9.89. The van der Waals surface area contributed by atoms with E-state index in [1.54, 1.807) is 0 Å². The molecule has 3 heteroatoms. The van der Waals surface area contributed by atoms with E-state index in [4.69, 9.17) is 0 Å². The van der Waals surface area contributed by atoms with Gasteiger partial charge in [0, 0.05) is 6.04 Å². The molecule has 2 rings (SSSR count). The van der Waals surface area contributed by atoms with Crippen molar-refractivity contribution in [3.05, 3.63) is 0 Å². The van der Waals surface area contributed by atoms with Crippen LogP contribution in [0.15, 0.2) is 0 Å². The molecular formula is C18H34N2O. The van der Waals surface area contributed by atoms with Crippen LogP contribution < -0.4 is 5.32 Å². The SMILES string of the molecule is CCC1(C)NC(CC(C)C)N(C(C)C2CCCCC2)C1=O. The molecule has 3 atom stereocenters. The minimum Gasteiger partial charge on any atom is -0.323 e. The van der Waals surface area contributed by atoms with Gasteiger partial charge in [-0.2, -0.15) is 0 Å². The average molecular weight is 294 g/mol. The largest absolute Gasteiger partial charge is 0.323 e. The van der Waals surface area contributed by atoms with E-state index in [-0.39, 0.29) is 11.7 Å². The number of hydrogen-bond acceptors (Lipinski definition) is 2. The lowest BCUT2D eigenvalue weighted by atomic mass is 9.83. The number of nitrogens with one attached hydrogen (secondary N) is 1. The summed E-state index contributed by atoms with van der Waals surface area (Å²) in [5, 5.41) is 3.64. The van der Waals surface area contributed by atoms with E-state index >= 15 is 0 Å². The molecular weight excluding hydrogens is 260 g/mol. The second kappa shape index (κ2) is 6.68. The quantitative estimate of drug-likeness (QED) is 0.833. The highest BCUT2D eigenvalue weighted by Crippen LogP contribution is 2.35.